The monoisotopic (exact) mass is 226 g/mol. The molecule has 0 heterocycles. The second kappa shape index (κ2) is 4.30. The van der Waals surface area contributed by atoms with E-state index in [1.165, 1.54) is 6.92 Å². The molecular weight excluding hydrogens is 216 g/mol. The molecule has 0 radical (unpaired) electrons. The largest absolute Gasteiger partial charge is 0.478 e. The van der Waals surface area contributed by atoms with E-state index in [4.69, 9.17) is 20.4 Å². The standard InChI is InChI=1S/C10H10O6/c1-4-5(8(11)12)2-3-6(9(13)14)7(4)10(15)16/h2-3,9,13-14H,1H3,(H,11,12)(H,15,16). The fourth-order valence-electron chi connectivity index (χ4n) is 1.46. The molecule has 0 fully saturated rings. The molecule has 0 aliphatic rings. The number of aromatic carboxylic acids is 2. The molecular formula is C10H10O6. The van der Waals surface area contributed by atoms with E-state index in [0.717, 1.165) is 12.1 Å². The summed E-state index contributed by atoms with van der Waals surface area (Å²) in [5, 5.41) is 35.6. The van der Waals surface area contributed by atoms with E-state index in [0.29, 0.717) is 0 Å². The third kappa shape index (κ3) is 2.02. The lowest BCUT2D eigenvalue weighted by molar-refractivity contribution is -0.0433. The van der Waals surface area contributed by atoms with Crippen LogP contribution in [0.5, 0.6) is 0 Å². The Labute approximate surface area is 90.4 Å². The molecule has 0 atom stereocenters. The molecule has 0 saturated heterocycles. The first-order chi connectivity index (χ1) is 7.36. The molecule has 16 heavy (non-hydrogen) atoms. The van der Waals surface area contributed by atoms with Crippen LogP contribution in [0.25, 0.3) is 0 Å². The van der Waals surface area contributed by atoms with E-state index in [2.05, 4.69) is 0 Å². The number of carboxylic acid groups (broad SMARTS) is 2. The molecule has 6 heteroatoms. The molecule has 86 valence electrons. The van der Waals surface area contributed by atoms with Gasteiger partial charge in [0.2, 0.25) is 0 Å². The minimum absolute atomic E-state index is 0.00870. The summed E-state index contributed by atoms with van der Waals surface area (Å²) >= 11 is 0. The predicted octanol–water partition coefficient (Wildman–Crippen LogP) is 0.375. The number of benzene rings is 1. The summed E-state index contributed by atoms with van der Waals surface area (Å²) in [7, 11) is 0. The highest BCUT2D eigenvalue weighted by molar-refractivity contribution is 5.97. The van der Waals surface area contributed by atoms with Crippen molar-refractivity contribution in [3.8, 4) is 0 Å². The maximum absolute atomic E-state index is 10.9. The number of carbonyl (C=O) groups is 2. The smallest absolute Gasteiger partial charge is 0.336 e. The number of aliphatic hydroxyl groups is 2. The van der Waals surface area contributed by atoms with Gasteiger partial charge in [-0.3, -0.25) is 0 Å². The topological polar surface area (TPSA) is 115 Å². The maximum Gasteiger partial charge on any atom is 0.336 e. The second-order valence-electron chi connectivity index (χ2n) is 3.19. The van der Waals surface area contributed by atoms with Crippen LogP contribution in [0.4, 0.5) is 0 Å². The Balaban J connectivity index is 3.54. The van der Waals surface area contributed by atoms with Crippen LogP contribution >= 0.6 is 0 Å². The fraction of sp³-hybridized carbons (Fsp3) is 0.200. The zero-order chi connectivity index (χ0) is 12.5. The van der Waals surface area contributed by atoms with Gasteiger partial charge in [0, 0.05) is 5.56 Å². The van der Waals surface area contributed by atoms with Gasteiger partial charge in [0.15, 0.2) is 6.29 Å². The van der Waals surface area contributed by atoms with Crippen LogP contribution < -0.4 is 0 Å². The van der Waals surface area contributed by atoms with E-state index in [1.54, 1.807) is 0 Å². The Morgan fingerprint density at radius 2 is 1.69 bits per heavy atom. The Bertz CT molecular complexity index is 449. The molecule has 0 aliphatic carbocycles. The lowest BCUT2D eigenvalue weighted by Crippen LogP contribution is -2.12. The zero-order valence-electron chi connectivity index (χ0n) is 8.34. The average Bonchev–Trinajstić information content (AvgIpc) is 2.15. The van der Waals surface area contributed by atoms with Crippen molar-refractivity contribution in [1.29, 1.82) is 0 Å². The second-order valence-corrected chi connectivity index (χ2v) is 3.19. The minimum atomic E-state index is -1.95. The van der Waals surface area contributed by atoms with E-state index in [1.807, 2.05) is 0 Å². The number of carboxylic acids is 2. The van der Waals surface area contributed by atoms with E-state index in [-0.39, 0.29) is 16.7 Å². The van der Waals surface area contributed by atoms with Gasteiger partial charge < -0.3 is 20.4 Å². The molecule has 6 nitrogen and oxygen atoms in total. The van der Waals surface area contributed by atoms with E-state index < -0.39 is 23.8 Å². The molecule has 4 N–H and O–H groups in total. The van der Waals surface area contributed by atoms with Crippen molar-refractivity contribution < 1.29 is 30.0 Å². The van der Waals surface area contributed by atoms with Gasteiger partial charge in [0.05, 0.1) is 11.1 Å². The van der Waals surface area contributed by atoms with Crippen LogP contribution in [0.15, 0.2) is 12.1 Å². The predicted molar refractivity (Wildman–Crippen MR) is 52.3 cm³/mol. The van der Waals surface area contributed by atoms with Gasteiger partial charge in [-0.2, -0.15) is 0 Å². The lowest BCUT2D eigenvalue weighted by Gasteiger charge is -2.12. The Morgan fingerprint density at radius 1 is 1.12 bits per heavy atom. The Hall–Kier alpha value is -1.92. The third-order valence-corrected chi connectivity index (χ3v) is 2.22. The van der Waals surface area contributed by atoms with Crippen LogP contribution in [0, 0.1) is 6.92 Å². The van der Waals surface area contributed by atoms with Crippen molar-refractivity contribution >= 4 is 11.9 Å². The van der Waals surface area contributed by atoms with E-state index >= 15 is 0 Å². The van der Waals surface area contributed by atoms with Gasteiger partial charge in [-0.05, 0) is 18.6 Å². The fourth-order valence-corrected chi connectivity index (χ4v) is 1.46. The normalized spacial score (nSPS) is 10.5. The number of hydrogen-bond acceptors (Lipinski definition) is 4. The summed E-state index contributed by atoms with van der Waals surface area (Å²) in [6, 6.07) is 2.21. The Kier molecular flexibility index (Phi) is 3.26. The van der Waals surface area contributed by atoms with Gasteiger partial charge in [0.25, 0.3) is 0 Å². The van der Waals surface area contributed by atoms with Crippen molar-refractivity contribution in [1.82, 2.24) is 0 Å². The molecule has 0 saturated carbocycles. The molecule has 1 aromatic rings. The van der Waals surface area contributed by atoms with Gasteiger partial charge in [-0.25, -0.2) is 9.59 Å². The lowest BCUT2D eigenvalue weighted by atomic mass is 9.96. The third-order valence-electron chi connectivity index (χ3n) is 2.22. The summed E-state index contributed by atoms with van der Waals surface area (Å²) in [4.78, 5) is 21.7. The first-order valence-corrected chi connectivity index (χ1v) is 4.32. The summed E-state index contributed by atoms with van der Waals surface area (Å²) in [6.07, 6.45) is -1.95. The highest BCUT2D eigenvalue weighted by Gasteiger charge is 2.21. The van der Waals surface area contributed by atoms with Crippen LogP contribution in [0.1, 0.15) is 38.1 Å². The van der Waals surface area contributed by atoms with Crippen molar-refractivity contribution in [3.63, 3.8) is 0 Å². The highest BCUT2D eigenvalue weighted by Crippen LogP contribution is 2.23. The quantitative estimate of drug-likeness (QED) is 0.553. The van der Waals surface area contributed by atoms with Crippen molar-refractivity contribution in [2.24, 2.45) is 0 Å². The summed E-state index contributed by atoms with van der Waals surface area (Å²) in [5.41, 5.74) is -0.808. The maximum atomic E-state index is 10.9. The van der Waals surface area contributed by atoms with Gasteiger partial charge in [-0.1, -0.05) is 6.07 Å². The summed E-state index contributed by atoms with van der Waals surface area (Å²) < 4.78 is 0. The molecule has 0 amide bonds. The molecule has 0 unspecified atom stereocenters. The van der Waals surface area contributed by atoms with E-state index in [9.17, 15) is 9.59 Å². The molecule has 0 aromatic heterocycles. The molecule has 1 rings (SSSR count). The average molecular weight is 226 g/mol. The first kappa shape index (κ1) is 12.2. The van der Waals surface area contributed by atoms with Crippen LogP contribution in [-0.4, -0.2) is 32.4 Å². The molecule has 0 bridgehead atoms. The Morgan fingerprint density at radius 3 is 2.06 bits per heavy atom. The zero-order valence-corrected chi connectivity index (χ0v) is 8.34. The van der Waals surface area contributed by atoms with Crippen molar-refractivity contribution in [3.05, 3.63) is 34.4 Å². The highest BCUT2D eigenvalue weighted by atomic mass is 16.5. The number of aliphatic hydroxyl groups excluding tert-OH is 1. The molecule has 0 aliphatic heterocycles. The number of rotatable bonds is 3. The SMILES string of the molecule is Cc1c(C(=O)O)ccc(C(O)O)c1C(=O)O. The number of hydrogen-bond donors (Lipinski definition) is 4. The van der Waals surface area contributed by atoms with Gasteiger partial charge in [0.1, 0.15) is 0 Å². The summed E-state index contributed by atoms with van der Waals surface area (Å²) in [5.74, 6) is -2.66. The van der Waals surface area contributed by atoms with Crippen LogP contribution in [0.2, 0.25) is 0 Å². The van der Waals surface area contributed by atoms with Gasteiger partial charge in [-0.15, -0.1) is 0 Å². The minimum Gasteiger partial charge on any atom is -0.478 e. The van der Waals surface area contributed by atoms with Crippen molar-refractivity contribution in [2.45, 2.75) is 13.2 Å². The molecule has 0 spiro atoms. The van der Waals surface area contributed by atoms with Crippen LogP contribution in [0.3, 0.4) is 0 Å². The van der Waals surface area contributed by atoms with Crippen LogP contribution in [-0.2, 0) is 0 Å². The summed E-state index contributed by atoms with van der Waals surface area (Å²) in [6.45, 7) is 1.30. The van der Waals surface area contributed by atoms with Gasteiger partial charge >= 0.3 is 11.9 Å². The first-order valence-electron chi connectivity index (χ1n) is 4.32. The molecule has 1 aromatic carbocycles. The van der Waals surface area contributed by atoms with Crippen molar-refractivity contribution in [2.75, 3.05) is 0 Å².